The van der Waals surface area contributed by atoms with E-state index < -0.39 is 10.0 Å². The summed E-state index contributed by atoms with van der Waals surface area (Å²) in [6.07, 6.45) is 5.08. The largest absolute Gasteiger partial charge is 0.496 e. The van der Waals surface area contributed by atoms with Crippen LogP contribution >= 0.6 is 28.1 Å². The normalized spacial score (nSPS) is 14.8. The Morgan fingerprint density at radius 3 is 2.38 bits per heavy atom. The summed E-state index contributed by atoms with van der Waals surface area (Å²) in [6, 6.07) is 11.3. The number of halogens is 1. The summed E-state index contributed by atoms with van der Waals surface area (Å²) >= 11 is 8.57. The third-order valence-corrected chi connectivity index (χ3v) is 8.27. The molecule has 7 nitrogen and oxygen atoms in total. The van der Waals surface area contributed by atoms with Gasteiger partial charge in [-0.15, -0.1) is 0 Å². The van der Waals surface area contributed by atoms with Gasteiger partial charge in [0.25, 0.3) is 5.91 Å². The van der Waals surface area contributed by atoms with Crippen LogP contribution in [0, 0.1) is 0 Å². The summed E-state index contributed by atoms with van der Waals surface area (Å²) in [6.45, 7) is 0. The molecule has 2 aromatic rings. The molecule has 0 heterocycles. The molecular formula is C22H26BrN3O4S2. The van der Waals surface area contributed by atoms with Gasteiger partial charge < -0.3 is 10.1 Å². The standard InChI is InChI=1S/C22H26BrN3O4S2/c1-26(17-6-4-3-5-7-17)32(28,29)18-11-9-16(10-12-18)24-22(31)25-21(27)15-8-13-20(30-2)19(23)14-15/h8-14,17H,3-7H2,1-2H3,(H2,24,25,27,31). The van der Waals surface area contributed by atoms with Crippen LogP contribution in [0.3, 0.4) is 0 Å². The maximum Gasteiger partial charge on any atom is 0.257 e. The van der Waals surface area contributed by atoms with E-state index in [1.807, 2.05) is 0 Å². The van der Waals surface area contributed by atoms with Gasteiger partial charge in [0.15, 0.2) is 5.11 Å². The predicted octanol–water partition coefficient (Wildman–Crippen LogP) is 4.54. The molecule has 1 aliphatic rings. The van der Waals surface area contributed by atoms with Crippen molar-refractivity contribution in [1.29, 1.82) is 0 Å². The first-order valence-corrected chi connectivity index (χ1v) is 12.9. The van der Waals surface area contributed by atoms with Crippen molar-refractivity contribution < 1.29 is 17.9 Å². The Morgan fingerprint density at radius 1 is 1.12 bits per heavy atom. The van der Waals surface area contributed by atoms with Crippen LogP contribution in [-0.4, -0.2) is 43.9 Å². The van der Waals surface area contributed by atoms with E-state index in [0.29, 0.717) is 21.5 Å². The van der Waals surface area contributed by atoms with Crippen molar-refractivity contribution in [1.82, 2.24) is 9.62 Å². The summed E-state index contributed by atoms with van der Waals surface area (Å²) in [4.78, 5) is 12.7. The first-order chi connectivity index (χ1) is 15.2. The first-order valence-electron chi connectivity index (χ1n) is 10.3. The van der Waals surface area contributed by atoms with Gasteiger partial charge in [0.1, 0.15) is 5.75 Å². The number of carbonyl (C=O) groups excluding carboxylic acids is 1. The van der Waals surface area contributed by atoms with E-state index in [1.165, 1.54) is 4.31 Å². The van der Waals surface area contributed by atoms with Gasteiger partial charge in [-0.2, -0.15) is 4.31 Å². The number of amides is 1. The monoisotopic (exact) mass is 539 g/mol. The predicted molar refractivity (Wildman–Crippen MR) is 133 cm³/mol. The fourth-order valence-electron chi connectivity index (χ4n) is 3.66. The molecule has 10 heteroatoms. The minimum absolute atomic E-state index is 0.0485. The first kappa shape index (κ1) is 24.6. The number of sulfonamides is 1. The molecule has 0 unspecified atom stereocenters. The van der Waals surface area contributed by atoms with Crippen LogP contribution in [0.2, 0.25) is 0 Å². The van der Waals surface area contributed by atoms with Gasteiger partial charge in [0, 0.05) is 24.3 Å². The number of anilines is 1. The van der Waals surface area contributed by atoms with Crippen molar-refractivity contribution in [2.75, 3.05) is 19.5 Å². The van der Waals surface area contributed by atoms with Crippen molar-refractivity contribution in [2.45, 2.75) is 43.0 Å². The molecular weight excluding hydrogens is 514 g/mol. The number of benzene rings is 2. The lowest BCUT2D eigenvalue weighted by Crippen LogP contribution is -2.38. The molecule has 0 aliphatic heterocycles. The van der Waals surface area contributed by atoms with Crippen molar-refractivity contribution in [2.24, 2.45) is 0 Å². The van der Waals surface area contributed by atoms with Gasteiger partial charge in [-0.25, -0.2) is 8.42 Å². The summed E-state index contributed by atoms with van der Waals surface area (Å²) in [5.74, 6) is 0.241. The molecule has 1 aliphatic carbocycles. The van der Waals surface area contributed by atoms with Crippen LogP contribution in [0.1, 0.15) is 42.5 Å². The highest BCUT2D eigenvalue weighted by atomic mass is 79.9. The zero-order chi connectivity index (χ0) is 23.3. The molecule has 0 aromatic heterocycles. The lowest BCUT2D eigenvalue weighted by atomic mass is 9.96. The zero-order valence-electron chi connectivity index (χ0n) is 17.9. The molecule has 1 saturated carbocycles. The van der Waals surface area contributed by atoms with E-state index >= 15 is 0 Å². The molecule has 32 heavy (non-hydrogen) atoms. The quantitative estimate of drug-likeness (QED) is 0.524. The van der Waals surface area contributed by atoms with Crippen LogP contribution in [-0.2, 0) is 10.0 Å². The number of nitrogens with zero attached hydrogens (tertiary/aromatic N) is 1. The highest BCUT2D eigenvalue weighted by Crippen LogP contribution is 2.27. The van der Waals surface area contributed by atoms with Crippen LogP contribution in [0.4, 0.5) is 5.69 Å². The van der Waals surface area contributed by atoms with Crippen molar-refractivity contribution in [3.63, 3.8) is 0 Å². The molecule has 1 amide bonds. The van der Waals surface area contributed by atoms with Crippen molar-refractivity contribution in [3.8, 4) is 5.75 Å². The lowest BCUT2D eigenvalue weighted by Gasteiger charge is -2.30. The van der Waals surface area contributed by atoms with Gasteiger partial charge in [-0.1, -0.05) is 19.3 Å². The summed E-state index contributed by atoms with van der Waals surface area (Å²) in [5, 5.41) is 5.62. The molecule has 3 rings (SSSR count). The SMILES string of the molecule is COc1ccc(C(=O)NC(=S)Nc2ccc(S(=O)(=O)N(C)C3CCCCC3)cc2)cc1Br. The fraction of sp³-hybridized carbons (Fsp3) is 0.364. The number of rotatable bonds is 6. The van der Waals surface area contributed by atoms with Crippen molar-refractivity contribution >= 4 is 54.9 Å². The number of hydrogen-bond acceptors (Lipinski definition) is 5. The van der Waals surface area contributed by atoms with Gasteiger partial charge in [-0.3, -0.25) is 10.1 Å². The van der Waals surface area contributed by atoms with Gasteiger partial charge in [0.2, 0.25) is 10.0 Å². The molecule has 0 bridgehead atoms. The minimum atomic E-state index is -3.56. The van der Waals surface area contributed by atoms with Gasteiger partial charge in [-0.05, 0) is 83.5 Å². The van der Waals surface area contributed by atoms with E-state index in [-0.39, 0.29) is 22.0 Å². The number of hydrogen-bond donors (Lipinski definition) is 2. The second-order valence-electron chi connectivity index (χ2n) is 7.60. The Hall–Kier alpha value is -2.01. The molecule has 2 aromatic carbocycles. The van der Waals surface area contributed by atoms with Crippen LogP contribution in [0.25, 0.3) is 0 Å². The Morgan fingerprint density at radius 2 is 1.78 bits per heavy atom. The van der Waals surface area contributed by atoms with Crippen LogP contribution < -0.4 is 15.4 Å². The number of methoxy groups -OCH3 is 1. The zero-order valence-corrected chi connectivity index (χ0v) is 21.1. The van der Waals surface area contributed by atoms with Crippen LogP contribution in [0.5, 0.6) is 5.75 Å². The van der Waals surface area contributed by atoms with Crippen molar-refractivity contribution in [3.05, 3.63) is 52.5 Å². The number of nitrogens with one attached hydrogen (secondary N) is 2. The third-order valence-electron chi connectivity index (χ3n) is 5.52. The molecule has 0 spiro atoms. The second kappa shape index (κ2) is 10.7. The van der Waals surface area contributed by atoms with E-state index in [0.717, 1.165) is 32.1 Å². The molecule has 1 fully saturated rings. The molecule has 172 valence electrons. The third kappa shape index (κ3) is 5.86. The van der Waals surface area contributed by atoms with E-state index in [4.69, 9.17) is 17.0 Å². The smallest absolute Gasteiger partial charge is 0.257 e. The Balaban J connectivity index is 1.61. The summed E-state index contributed by atoms with van der Waals surface area (Å²) in [7, 11) is -0.363. The number of carbonyl (C=O) groups is 1. The molecule has 0 atom stereocenters. The lowest BCUT2D eigenvalue weighted by molar-refractivity contribution is 0.0977. The number of ether oxygens (including phenoxy) is 1. The Bertz CT molecular complexity index is 1080. The Kier molecular flexibility index (Phi) is 8.26. The number of thiocarbonyl (C=S) groups is 1. The Labute approximate surface area is 202 Å². The van der Waals surface area contributed by atoms with E-state index in [2.05, 4.69) is 26.6 Å². The minimum Gasteiger partial charge on any atom is -0.496 e. The molecule has 0 saturated heterocycles. The van der Waals surface area contributed by atoms with Crippen LogP contribution in [0.15, 0.2) is 51.8 Å². The maximum absolute atomic E-state index is 13.0. The summed E-state index contributed by atoms with van der Waals surface area (Å²) in [5.41, 5.74) is 0.986. The second-order valence-corrected chi connectivity index (χ2v) is 10.9. The highest BCUT2D eigenvalue weighted by Gasteiger charge is 2.28. The summed E-state index contributed by atoms with van der Waals surface area (Å²) < 4.78 is 33.2. The highest BCUT2D eigenvalue weighted by molar-refractivity contribution is 9.10. The fourth-order valence-corrected chi connectivity index (χ4v) is 5.83. The van der Waals surface area contributed by atoms with E-state index in [9.17, 15) is 13.2 Å². The maximum atomic E-state index is 13.0. The molecule has 0 radical (unpaired) electrons. The van der Waals surface area contributed by atoms with Gasteiger partial charge in [0.05, 0.1) is 16.5 Å². The van der Waals surface area contributed by atoms with Gasteiger partial charge >= 0.3 is 0 Å². The topological polar surface area (TPSA) is 87.7 Å². The van der Waals surface area contributed by atoms with E-state index in [1.54, 1.807) is 56.6 Å². The molecule has 2 N–H and O–H groups in total. The average molecular weight is 541 g/mol. The average Bonchev–Trinajstić information content (AvgIpc) is 2.79.